The van der Waals surface area contributed by atoms with Gasteiger partial charge in [0.2, 0.25) is 34.8 Å². The molecular weight excluding hydrogens is 515 g/mol. The molecule has 0 aliphatic heterocycles. The number of hydrogen-bond donors (Lipinski definition) is 0. The summed E-state index contributed by atoms with van der Waals surface area (Å²) in [6, 6.07) is 0. The zero-order chi connectivity index (χ0) is 27.5. The zero-order valence-electron chi connectivity index (χ0n) is 20.5. The molecule has 0 heterocycles. The summed E-state index contributed by atoms with van der Waals surface area (Å²) in [7, 11) is 0. The maximum atomic E-state index is 13.5. The third-order valence-electron chi connectivity index (χ3n) is 4.27. The topological polar surface area (TPSA) is 98.8 Å². The van der Waals surface area contributed by atoms with E-state index in [1.165, 1.54) is 0 Å². The average Bonchev–Trinajstić information content (AvgIpc) is 2.88. The molecule has 1 aromatic rings. The van der Waals surface area contributed by atoms with Crippen molar-refractivity contribution in [2.24, 2.45) is 0 Å². The van der Waals surface area contributed by atoms with E-state index in [2.05, 4.69) is 4.74 Å². The number of rotatable bonds is 21. The minimum atomic E-state index is -2.35. The fourth-order valence-corrected chi connectivity index (χ4v) is 2.47. The van der Waals surface area contributed by atoms with Gasteiger partial charge in [-0.15, -0.1) is 0 Å². The summed E-state index contributed by atoms with van der Waals surface area (Å²) in [5.74, 6) is -14.4. The normalized spacial score (nSPS) is 11.1. The first-order valence-electron chi connectivity index (χ1n) is 11.6. The van der Waals surface area contributed by atoms with Gasteiger partial charge >= 0.3 is 11.9 Å². The van der Waals surface area contributed by atoms with Crippen molar-refractivity contribution >= 4 is 11.9 Å². The molecule has 0 aliphatic rings. The van der Waals surface area contributed by atoms with Crippen molar-refractivity contribution in [1.82, 2.24) is 0 Å². The molecule has 0 bridgehead atoms. The second-order valence-electron chi connectivity index (χ2n) is 7.16. The highest BCUT2D eigenvalue weighted by Gasteiger charge is 2.28. The van der Waals surface area contributed by atoms with Crippen molar-refractivity contribution in [3.05, 3.63) is 29.1 Å². The summed E-state index contributed by atoms with van der Waals surface area (Å²) in [5, 5.41) is 0. The molecule has 0 N–H and O–H groups in total. The average molecular weight is 546 g/mol. The number of carbonyl (C=O) groups excluding carboxylic acids is 2. The standard InChI is InChI=1S/C23H31F5O9/c1-2-3-16(29)36-15-14-35-13-12-34-11-10-33-9-8-32-7-6-31-5-4-17(30)37-23-21(27)19(25)18(24)20(26)22(23)28/h2-15H2,1H3. The largest absolute Gasteiger partial charge is 0.463 e. The summed E-state index contributed by atoms with van der Waals surface area (Å²) in [6.45, 7) is 4.45. The second-order valence-corrected chi connectivity index (χ2v) is 7.16. The Morgan fingerprint density at radius 2 is 0.892 bits per heavy atom. The minimum absolute atomic E-state index is 0.0801. The van der Waals surface area contributed by atoms with Crippen LogP contribution in [-0.2, 0) is 38.0 Å². The van der Waals surface area contributed by atoms with Crippen molar-refractivity contribution in [2.75, 3.05) is 72.7 Å². The summed E-state index contributed by atoms with van der Waals surface area (Å²) >= 11 is 0. The zero-order valence-corrected chi connectivity index (χ0v) is 20.5. The lowest BCUT2D eigenvalue weighted by Gasteiger charge is -2.09. The van der Waals surface area contributed by atoms with Gasteiger partial charge in [-0.05, 0) is 6.42 Å². The fourth-order valence-electron chi connectivity index (χ4n) is 2.47. The van der Waals surface area contributed by atoms with Crippen LogP contribution in [0.15, 0.2) is 0 Å². The molecule has 212 valence electrons. The molecular formula is C23H31F5O9. The van der Waals surface area contributed by atoms with Gasteiger partial charge < -0.3 is 33.2 Å². The summed E-state index contributed by atoms with van der Waals surface area (Å²) in [5.41, 5.74) is 0. The van der Waals surface area contributed by atoms with Gasteiger partial charge in [-0.1, -0.05) is 6.92 Å². The van der Waals surface area contributed by atoms with E-state index in [9.17, 15) is 31.5 Å². The van der Waals surface area contributed by atoms with Crippen LogP contribution >= 0.6 is 0 Å². The predicted molar refractivity (Wildman–Crippen MR) is 116 cm³/mol. The van der Waals surface area contributed by atoms with Crippen LogP contribution < -0.4 is 4.74 Å². The van der Waals surface area contributed by atoms with E-state index in [-0.39, 0.29) is 39.0 Å². The maximum absolute atomic E-state index is 13.5. The van der Waals surface area contributed by atoms with Crippen LogP contribution in [0.2, 0.25) is 0 Å². The molecule has 0 radical (unpaired) electrons. The van der Waals surface area contributed by atoms with Crippen molar-refractivity contribution in [1.29, 1.82) is 0 Å². The van der Waals surface area contributed by atoms with Gasteiger partial charge in [0.1, 0.15) is 6.61 Å². The molecule has 0 spiro atoms. The first-order chi connectivity index (χ1) is 17.8. The van der Waals surface area contributed by atoms with Crippen LogP contribution in [0.3, 0.4) is 0 Å². The van der Waals surface area contributed by atoms with Gasteiger partial charge in [-0.25, -0.2) is 13.2 Å². The van der Waals surface area contributed by atoms with Crippen molar-refractivity contribution in [3.8, 4) is 5.75 Å². The van der Waals surface area contributed by atoms with Gasteiger partial charge in [0, 0.05) is 6.42 Å². The van der Waals surface area contributed by atoms with Gasteiger partial charge in [0.15, 0.2) is 0 Å². The molecule has 37 heavy (non-hydrogen) atoms. The highest BCUT2D eigenvalue weighted by molar-refractivity contribution is 5.72. The first-order valence-corrected chi connectivity index (χ1v) is 11.6. The van der Waals surface area contributed by atoms with Crippen molar-refractivity contribution < 1.29 is 64.7 Å². The van der Waals surface area contributed by atoms with Crippen LogP contribution in [0, 0.1) is 29.1 Å². The lowest BCUT2D eigenvalue weighted by atomic mass is 10.2. The lowest BCUT2D eigenvalue weighted by Crippen LogP contribution is -2.16. The van der Waals surface area contributed by atoms with E-state index in [4.69, 9.17) is 28.4 Å². The van der Waals surface area contributed by atoms with Crippen molar-refractivity contribution in [3.63, 3.8) is 0 Å². The monoisotopic (exact) mass is 546 g/mol. The molecule has 0 aliphatic carbocycles. The Morgan fingerprint density at radius 3 is 1.32 bits per heavy atom. The summed E-state index contributed by atoms with van der Waals surface area (Å²) < 4.78 is 101. The quantitative estimate of drug-likeness (QED) is 0.0575. The number of ether oxygens (including phenoxy) is 7. The predicted octanol–water partition coefficient (Wildman–Crippen LogP) is 3.10. The Bertz CT molecular complexity index is 797. The van der Waals surface area contributed by atoms with Gasteiger partial charge in [-0.2, -0.15) is 8.78 Å². The van der Waals surface area contributed by atoms with Crippen LogP contribution in [0.25, 0.3) is 0 Å². The molecule has 0 saturated heterocycles. The molecule has 0 amide bonds. The van der Waals surface area contributed by atoms with Crippen LogP contribution in [0.4, 0.5) is 22.0 Å². The smallest absolute Gasteiger partial charge is 0.313 e. The molecule has 0 fully saturated rings. The molecule has 0 unspecified atom stereocenters. The van der Waals surface area contributed by atoms with E-state index in [0.29, 0.717) is 46.1 Å². The van der Waals surface area contributed by atoms with Crippen molar-refractivity contribution in [2.45, 2.75) is 26.2 Å². The Balaban J connectivity index is 1.92. The molecule has 0 saturated carbocycles. The SMILES string of the molecule is CCCC(=O)OCCOCCOCCOCCOCCOCCC(=O)Oc1c(F)c(F)c(F)c(F)c1F. The number of carbonyl (C=O) groups is 2. The van der Waals surface area contributed by atoms with E-state index < -0.39 is 47.2 Å². The highest BCUT2D eigenvalue weighted by atomic mass is 19.2. The molecule has 1 aromatic carbocycles. The summed E-state index contributed by atoms with van der Waals surface area (Å²) in [4.78, 5) is 22.7. The van der Waals surface area contributed by atoms with Crippen LogP contribution in [-0.4, -0.2) is 84.6 Å². The van der Waals surface area contributed by atoms with Gasteiger partial charge in [-0.3, -0.25) is 9.59 Å². The Labute approximate surface area is 211 Å². The second kappa shape index (κ2) is 19.7. The Morgan fingerprint density at radius 1 is 0.514 bits per heavy atom. The Kier molecular flexibility index (Phi) is 17.4. The molecule has 14 heteroatoms. The number of hydrogen-bond acceptors (Lipinski definition) is 9. The maximum Gasteiger partial charge on any atom is 0.313 e. The van der Waals surface area contributed by atoms with E-state index >= 15 is 0 Å². The van der Waals surface area contributed by atoms with Gasteiger partial charge in [0.05, 0.1) is 72.5 Å². The third-order valence-corrected chi connectivity index (χ3v) is 4.27. The minimum Gasteiger partial charge on any atom is -0.463 e. The lowest BCUT2D eigenvalue weighted by molar-refractivity contribution is -0.145. The number of benzene rings is 1. The van der Waals surface area contributed by atoms with E-state index in [0.717, 1.165) is 6.42 Å². The van der Waals surface area contributed by atoms with E-state index in [1.54, 1.807) is 0 Å². The molecule has 1 rings (SSSR count). The number of halogens is 5. The van der Waals surface area contributed by atoms with Gasteiger partial charge in [0.25, 0.3) is 0 Å². The number of esters is 2. The Hall–Kier alpha value is -2.39. The highest BCUT2D eigenvalue weighted by Crippen LogP contribution is 2.29. The van der Waals surface area contributed by atoms with E-state index in [1.807, 2.05) is 6.92 Å². The fraction of sp³-hybridized carbons (Fsp3) is 0.652. The first kappa shape index (κ1) is 32.6. The summed E-state index contributed by atoms with van der Waals surface area (Å²) in [6.07, 6.45) is 0.648. The van der Waals surface area contributed by atoms with Crippen LogP contribution in [0.1, 0.15) is 26.2 Å². The third kappa shape index (κ3) is 13.6. The molecule has 0 atom stereocenters. The molecule has 9 nitrogen and oxygen atoms in total. The molecule has 0 aromatic heterocycles. The van der Waals surface area contributed by atoms with Crippen LogP contribution in [0.5, 0.6) is 5.75 Å².